The molecule has 8 heteroatoms. The quantitative estimate of drug-likeness (QED) is 0.609. The number of rotatable bonds is 6. The number of thiophene rings is 1. The number of carbonyl (C=O) groups excluding carboxylic acids is 2. The molecule has 2 aromatic heterocycles. The van der Waals surface area contributed by atoms with E-state index in [1.54, 1.807) is 13.8 Å². The molecule has 0 saturated carbocycles. The van der Waals surface area contributed by atoms with Gasteiger partial charge in [0.15, 0.2) is 0 Å². The van der Waals surface area contributed by atoms with Crippen LogP contribution in [0, 0.1) is 20.8 Å². The van der Waals surface area contributed by atoms with Crippen LogP contribution in [0.1, 0.15) is 51.8 Å². The first-order valence-corrected chi connectivity index (χ1v) is 10.6. The maximum Gasteiger partial charge on any atom is 0.348 e. The van der Waals surface area contributed by atoms with Crippen LogP contribution in [0.3, 0.4) is 0 Å². The lowest BCUT2D eigenvalue weighted by atomic mass is 10.0. The van der Waals surface area contributed by atoms with Gasteiger partial charge in [-0.2, -0.15) is 0 Å². The van der Waals surface area contributed by atoms with Crippen molar-refractivity contribution < 1.29 is 14.3 Å². The minimum atomic E-state index is -0.469. The number of hydrogen-bond donors (Lipinski definition) is 1. The lowest BCUT2D eigenvalue weighted by Crippen LogP contribution is -2.34. The first-order chi connectivity index (χ1) is 14.2. The van der Waals surface area contributed by atoms with Gasteiger partial charge in [-0.15, -0.1) is 11.3 Å². The fraction of sp³-hybridized carbons (Fsp3) is 0.364. The molecule has 30 heavy (non-hydrogen) atoms. The van der Waals surface area contributed by atoms with Gasteiger partial charge < -0.3 is 10.1 Å². The summed E-state index contributed by atoms with van der Waals surface area (Å²) in [4.78, 5) is 42.7. The average molecular weight is 428 g/mol. The molecule has 1 N–H and O–H groups in total. The molecule has 3 rings (SSSR count). The average Bonchev–Trinajstić information content (AvgIpc) is 3.03. The van der Waals surface area contributed by atoms with E-state index in [1.165, 1.54) is 16.5 Å². The van der Waals surface area contributed by atoms with Crippen LogP contribution in [0.15, 0.2) is 29.3 Å². The van der Waals surface area contributed by atoms with Crippen LogP contribution < -0.4 is 10.9 Å². The molecule has 0 aliphatic carbocycles. The number of nitrogens with zero attached hydrogens (tertiary/aromatic N) is 2. The zero-order valence-corrected chi connectivity index (χ0v) is 18.6. The second-order valence-corrected chi connectivity index (χ2v) is 8.27. The molecule has 1 unspecified atom stereocenters. The summed E-state index contributed by atoms with van der Waals surface area (Å²) < 4.78 is 6.31. The number of fused-ring (bicyclic) bond motifs is 1. The summed E-state index contributed by atoms with van der Waals surface area (Å²) in [6, 6.07) is 5.86. The topological polar surface area (TPSA) is 90.3 Å². The van der Waals surface area contributed by atoms with Crippen molar-refractivity contribution in [3.05, 3.63) is 62.0 Å². The van der Waals surface area contributed by atoms with Crippen LogP contribution in [0.25, 0.3) is 10.2 Å². The summed E-state index contributed by atoms with van der Waals surface area (Å²) in [5.41, 5.74) is 3.53. The highest BCUT2D eigenvalue weighted by molar-refractivity contribution is 7.20. The Morgan fingerprint density at radius 1 is 1.23 bits per heavy atom. The van der Waals surface area contributed by atoms with Gasteiger partial charge in [-0.05, 0) is 56.9 Å². The summed E-state index contributed by atoms with van der Waals surface area (Å²) in [7, 11) is 0. The predicted molar refractivity (Wildman–Crippen MR) is 117 cm³/mol. The third-order valence-corrected chi connectivity index (χ3v) is 6.28. The van der Waals surface area contributed by atoms with Crippen LogP contribution in [0.4, 0.5) is 0 Å². The van der Waals surface area contributed by atoms with Gasteiger partial charge in [-0.25, -0.2) is 9.78 Å². The smallest absolute Gasteiger partial charge is 0.348 e. The van der Waals surface area contributed by atoms with Crippen molar-refractivity contribution in [2.75, 3.05) is 6.61 Å². The summed E-state index contributed by atoms with van der Waals surface area (Å²) in [6.45, 7) is 9.49. The van der Waals surface area contributed by atoms with Gasteiger partial charge in [0.05, 0.1) is 24.4 Å². The largest absolute Gasteiger partial charge is 0.462 e. The number of amides is 1. The Morgan fingerprint density at radius 2 is 1.97 bits per heavy atom. The number of nitrogens with one attached hydrogen (secondary N) is 1. The zero-order valence-electron chi connectivity index (χ0n) is 17.7. The van der Waals surface area contributed by atoms with Crippen molar-refractivity contribution in [3.63, 3.8) is 0 Å². The molecule has 0 bridgehead atoms. The van der Waals surface area contributed by atoms with Crippen molar-refractivity contribution in [1.29, 1.82) is 0 Å². The second-order valence-electron chi connectivity index (χ2n) is 7.27. The zero-order chi connectivity index (χ0) is 22.0. The molecule has 0 aliphatic rings. The number of benzene rings is 1. The maximum atomic E-state index is 12.9. The molecule has 1 amide bonds. The Balaban J connectivity index is 1.81. The highest BCUT2D eigenvalue weighted by Crippen LogP contribution is 2.27. The molecule has 0 aliphatic heterocycles. The monoisotopic (exact) mass is 427 g/mol. The third kappa shape index (κ3) is 4.28. The van der Waals surface area contributed by atoms with Crippen LogP contribution in [0.5, 0.6) is 0 Å². The molecule has 158 valence electrons. The van der Waals surface area contributed by atoms with Gasteiger partial charge in [0.2, 0.25) is 5.91 Å². The standard InChI is InChI=1S/C22H25N3O4S/c1-6-29-22(28)19-14(4)18-20(30-19)23-11-25(21(18)27)10-17(26)24-15(5)16-8-7-12(2)13(3)9-16/h7-9,11,15H,6,10H2,1-5H3,(H,24,26). The summed E-state index contributed by atoms with van der Waals surface area (Å²) in [5, 5.41) is 3.27. The molecule has 0 saturated heterocycles. The predicted octanol–water partition coefficient (Wildman–Crippen LogP) is 3.44. The SMILES string of the molecule is CCOC(=O)c1sc2ncn(CC(=O)NC(C)c3ccc(C)c(C)c3)c(=O)c2c1C. The molecule has 3 aromatic rings. The fourth-order valence-corrected chi connectivity index (χ4v) is 4.26. The number of aryl methyl sites for hydroxylation is 3. The van der Waals surface area contributed by atoms with E-state index in [0.717, 1.165) is 22.5 Å². The normalized spacial score (nSPS) is 12.0. The molecular formula is C22H25N3O4S. The molecule has 0 fully saturated rings. The highest BCUT2D eigenvalue weighted by atomic mass is 32.1. The van der Waals surface area contributed by atoms with Crippen LogP contribution in [-0.2, 0) is 16.1 Å². The Morgan fingerprint density at radius 3 is 2.63 bits per heavy atom. The Bertz CT molecular complexity index is 1180. The van der Waals surface area contributed by atoms with Crippen molar-refractivity contribution in [1.82, 2.24) is 14.9 Å². The van der Waals surface area contributed by atoms with E-state index in [-0.39, 0.29) is 30.7 Å². The lowest BCUT2D eigenvalue weighted by Gasteiger charge is -2.16. The van der Waals surface area contributed by atoms with E-state index in [1.807, 2.05) is 39.0 Å². The molecule has 2 heterocycles. The molecule has 1 aromatic carbocycles. The second kappa shape index (κ2) is 8.79. The van der Waals surface area contributed by atoms with Gasteiger partial charge >= 0.3 is 5.97 Å². The summed E-state index contributed by atoms with van der Waals surface area (Å²) >= 11 is 1.12. The van der Waals surface area contributed by atoms with Gasteiger partial charge in [-0.1, -0.05) is 18.2 Å². The van der Waals surface area contributed by atoms with Crippen LogP contribution >= 0.6 is 11.3 Å². The van der Waals surface area contributed by atoms with Gasteiger partial charge in [0, 0.05) is 0 Å². The Hall–Kier alpha value is -3.00. The molecule has 1 atom stereocenters. The molecular weight excluding hydrogens is 402 g/mol. The summed E-state index contributed by atoms with van der Waals surface area (Å²) in [5.74, 6) is -0.758. The van der Waals surface area contributed by atoms with Crippen molar-refractivity contribution in [3.8, 4) is 0 Å². The highest BCUT2D eigenvalue weighted by Gasteiger charge is 2.21. The van der Waals surface area contributed by atoms with Gasteiger partial charge in [0.1, 0.15) is 16.3 Å². The summed E-state index contributed by atoms with van der Waals surface area (Å²) in [6.07, 6.45) is 1.34. The van der Waals surface area contributed by atoms with Gasteiger partial charge in [-0.3, -0.25) is 14.2 Å². The first kappa shape index (κ1) is 21.7. The van der Waals surface area contributed by atoms with E-state index in [4.69, 9.17) is 4.74 Å². The fourth-order valence-electron chi connectivity index (χ4n) is 3.22. The lowest BCUT2D eigenvalue weighted by molar-refractivity contribution is -0.122. The number of hydrogen-bond acceptors (Lipinski definition) is 6. The van der Waals surface area contributed by atoms with E-state index < -0.39 is 5.97 Å². The first-order valence-electron chi connectivity index (χ1n) is 9.75. The molecule has 7 nitrogen and oxygen atoms in total. The van der Waals surface area contributed by atoms with Gasteiger partial charge in [0.25, 0.3) is 5.56 Å². The minimum absolute atomic E-state index is 0.152. The van der Waals surface area contributed by atoms with Crippen molar-refractivity contribution in [2.24, 2.45) is 0 Å². The van der Waals surface area contributed by atoms with E-state index in [9.17, 15) is 14.4 Å². The Labute approximate surface area is 178 Å². The van der Waals surface area contributed by atoms with Crippen LogP contribution in [-0.4, -0.2) is 28.0 Å². The number of esters is 1. The number of ether oxygens (including phenoxy) is 1. The van der Waals surface area contributed by atoms with E-state index >= 15 is 0 Å². The number of aromatic nitrogens is 2. The van der Waals surface area contributed by atoms with Crippen LogP contribution in [0.2, 0.25) is 0 Å². The maximum absolute atomic E-state index is 12.9. The molecule has 0 spiro atoms. The van der Waals surface area contributed by atoms with Crippen molar-refractivity contribution >= 4 is 33.4 Å². The minimum Gasteiger partial charge on any atom is -0.462 e. The van der Waals surface area contributed by atoms with Crippen molar-refractivity contribution in [2.45, 2.75) is 47.2 Å². The molecule has 0 radical (unpaired) electrons. The third-order valence-electron chi connectivity index (χ3n) is 5.10. The van der Waals surface area contributed by atoms with E-state index in [2.05, 4.69) is 10.3 Å². The Kier molecular flexibility index (Phi) is 6.36. The number of carbonyl (C=O) groups is 2. The van der Waals surface area contributed by atoms with E-state index in [0.29, 0.717) is 20.7 Å².